The molecule has 0 saturated carbocycles. The monoisotopic (exact) mass is 253 g/mol. The van der Waals surface area contributed by atoms with E-state index in [1.165, 1.54) is 5.56 Å². The van der Waals surface area contributed by atoms with Crippen LogP contribution in [0.5, 0.6) is 0 Å². The summed E-state index contributed by atoms with van der Waals surface area (Å²) in [5.41, 5.74) is 2.93. The molecule has 2 aromatic rings. The van der Waals surface area contributed by atoms with Gasteiger partial charge in [0.2, 0.25) is 0 Å². The highest BCUT2D eigenvalue weighted by Gasteiger charge is 2.09. The molecule has 0 amide bonds. The summed E-state index contributed by atoms with van der Waals surface area (Å²) in [6.07, 6.45) is 4.76. The third-order valence-electron chi connectivity index (χ3n) is 2.94. The number of nitro benzene ring substituents is 1. The lowest BCUT2D eigenvalue weighted by Crippen LogP contribution is -1.91. The van der Waals surface area contributed by atoms with E-state index in [1.54, 1.807) is 19.1 Å². The maximum atomic E-state index is 10.9. The Morgan fingerprint density at radius 3 is 2.58 bits per heavy atom. The topological polar surface area (TPSA) is 43.1 Å². The van der Waals surface area contributed by atoms with Crippen molar-refractivity contribution in [3.05, 3.63) is 81.4 Å². The van der Waals surface area contributed by atoms with E-state index in [2.05, 4.69) is 12.1 Å². The number of hydrogen-bond acceptors (Lipinski definition) is 2. The molecule has 0 aliphatic rings. The molecule has 0 radical (unpaired) electrons. The first-order valence-corrected chi connectivity index (χ1v) is 6.12. The number of aryl methyl sites for hydroxylation is 1. The molecule has 0 spiro atoms. The highest BCUT2D eigenvalue weighted by molar-refractivity contribution is 5.56. The van der Waals surface area contributed by atoms with Crippen molar-refractivity contribution >= 4 is 11.8 Å². The van der Waals surface area contributed by atoms with Crippen molar-refractivity contribution in [1.82, 2.24) is 0 Å². The maximum Gasteiger partial charge on any atom is 0.272 e. The zero-order chi connectivity index (χ0) is 13.7. The quantitative estimate of drug-likeness (QED) is 0.606. The Kier molecular flexibility index (Phi) is 4.08. The lowest BCUT2D eigenvalue weighted by Gasteiger charge is -1.99. The van der Waals surface area contributed by atoms with Gasteiger partial charge in [0.1, 0.15) is 0 Å². The molecule has 0 aliphatic heterocycles. The Bertz CT molecular complexity index is 603. The van der Waals surface area contributed by atoms with E-state index in [0.29, 0.717) is 5.56 Å². The molecule has 96 valence electrons. The Morgan fingerprint density at radius 2 is 1.89 bits per heavy atom. The van der Waals surface area contributed by atoms with Crippen LogP contribution in [-0.4, -0.2) is 4.92 Å². The molecule has 2 aromatic carbocycles. The first-order valence-electron chi connectivity index (χ1n) is 6.12. The Labute approximate surface area is 112 Å². The molecule has 0 heterocycles. The average Bonchev–Trinajstić information content (AvgIpc) is 2.41. The minimum absolute atomic E-state index is 0.168. The standard InChI is InChI=1S/C16H15NO2/c1-13-10-11-15(12-16(13)17(18)19)9-5-8-14-6-3-2-4-7-14/h2-7,9-12H,8H2,1H3. The van der Waals surface area contributed by atoms with Crippen LogP contribution in [0.3, 0.4) is 0 Å². The van der Waals surface area contributed by atoms with Gasteiger partial charge < -0.3 is 0 Å². The van der Waals surface area contributed by atoms with Gasteiger partial charge >= 0.3 is 0 Å². The van der Waals surface area contributed by atoms with E-state index in [1.807, 2.05) is 36.4 Å². The smallest absolute Gasteiger partial charge is 0.258 e. The van der Waals surface area contributed by atoms with Crippen molar-refractivity contribution in [3.63, 3.8) is 0 Å². The molecule has 0 bridgehead atoms. The van der Waals surface area contributed by atoms with Crippen molar-refractivity contribution in [2.45, 2.75) is 13.3 Å². The first kappa shape index (κ1) is 13.0. The minimum atomic E-state index is -0.343. The summed E-state index contributed by atoms with van der Waals surface area (Å²) in [7, 11) is 0. The van der Waals surface area contributed by atoms with Crippen molar-refractivity contribution in [3.8, 4) is 0 Å². The molecule has 2 rings (SSSR count). The summed E-state index contributed by atoms with van der Waals surface area (Å²) in [6.45, 7) is 1.75. The largest absolute Gasteiger partial charge is 0.272 e. The fraction of sp³-hybridized carbons (Fsp3) is 0.125. The van der Waals surface area contributed by atoms with Crippen LogP contribution < -0.4 is 0 Å². The van der Waals surface area contributed by atoms with E-state index < -0.39 is 0 Å². The summed E-state index contributed by atoms with van der Waals surface area (Å²) < 4.78 is 0. The molecule has 0 fully saturated rings. The van der Waals surface area contributed by atoms with Gasteiger partial charge in [-0.1, -0.05) is 54.6 Å². The summed E-state index contributed by atoms with van der Waals surface area (Å²) in [5, 5.41) is 10.9. The minimum Gasteiger partial charge on any atom is -0.258 e. The Hall–Kier alpha value is -2.42. The highest BCUT2D eigenvalue weighted by atomic mass is 16.6. The summed E-state index contributed by atoms with van der Waals surface area (Å²) >= 11 is 0. The van der Waals surface area contributed by atoms with Crippen molar-refractivity contribution in [2.24, 2.45) is 0 Å². The Balaban J connectivity index is 2.11. The molecule has 0 atom stereocenters. The van der Waals surface area contributed by atoms with E-state index in [9.17, 15) is 10.1 Å². The first-order chi connectivity index (χ1) is 9.16. The van der Waals surface area contributed by atoms with Crippen LogP contribution in [0.15, 0.2) is 54.6 Å². The van der Waals surface area contributed by atoms with Gasteiger partial charge in [0.05, 0.1) is 4.92 Å². The van der Waals surface area contributed by atoms with E-state index in [-0.39, 0.29) is 10.6 Å². The average molecular weight is 253 g/mol. The molecule has 3 nitrogen and oxygen atoms in total. The predicted molar refractivity (Wildman–Crippen MR) is 77.0 cm³/mol. The van der Waals surface area contributed by atoms with Gasteiger partial charge in [-0.2, -0.15) is 0 Å². The molecule has 0 N–H and O–H groups in total. The third-order valence-corrected chi connectivity index (χ3v) is 2.94. The van der Waals surface area contributed by atoms with Gasteiger partial charge in [-0.15, -0.1) is 0 Å². The van der Waals surface area contributed by atoms with Crippen molar-refractivity contribution < 1.29 is 4.92 Å². The zero-order valence-corrected chi connectivity index (χ0v) is 10.7. The highest BCUT2D eigenvalue weighted by Crippen LogP contribution is 2.20. The fourth-order valence-electron chi connectivity index (χ4n) is 1.87. The molecule has 3 heteroatoms. The van der Waals surface area contributed by atoms with Gasteiger partial charge in [-0.25, -0.2) is 0 Å². The van der Waals surface area contributed by atoms with Crippen LogP contribution in [0.25, 0.3) is 6.08 Å². The second-order valence-electron chi connectivity index (χ2n) is 4.40. The van der Waals surface area contributed by atoms with E-state index in [0.717, 1.165) is 12.0 Å². The van der Waals surface area contributed by atoms with Gasteiger partial charge in [0.15, 0.2) is 0 Å². The predicted octanol–water partition coefficient (Wildman–Crippen LogP) is 4.16. The fourth-order valence-corrected chi connectivity index (χ4v) is 1.87. The number of rotatable bonds is 4. The normalized spacial score (nSPS) is 10.8. The third kappa shape index (κ3) is 3.52. The van der Waals surface area contributed by atoms with Gasteiger partial charge in [0.25, 0.3) is 5.69 Å². The zero-order valence-electron chi connectivity index (χ0n) is 10.7. The molecular formula is C16H15NO2. The van der Waals surface area contributed by atoms with Crippen LogP contribution >= 0.6 is 0 Å². The molecule has 0 saturated heterocycles. The van der Waals surface area contributed by atoms with Crippen molar-refractivity contribution in [2.75, 3.05) is 0 Å². The van der Waals surface area contributed by atoms with Crippen molar-refractivity contribution in [1.29, 1.82) is 0 Å². The van der Waals surface area contributed by atoms with Gasteiger partial charge in [-0.05, 0) is 24.5 Å². The van der Waals surface area contributed by atoms with Crippen LogP contribution in [0, 0.1) is 17.0 Å². The van der Waals surface area contributed by atoms with Gasteiger partial charge in [-0.3, -0.25) is 10.1 Å². The van der Waals surface area contributed by atoms with E-state index in [4.69, 9.17) is 0 Å². The molecule has 0 aliphatic carbocycles. The molecule has 0 aromatic heterocycles. The number of hydrogen-bond donors (Lipinski definition) is 0. The van der Waals surface area contributed by atoms with Crippen LogP contribution in [0.1, 0.15) is 16.7 Å². The molecule has 0 unspecified atom stereocenters. The van der Waals surface area contributed by atoms with Gasteiger partial charge in [0, 0.05) is 11.6 Å². The second-order valence-corrected chi connectivity index (χ2v) is 4.40. The van der Waals surface area contributed by atoms with Crippen LogP contribution in [0.2, 0.25) is 0 Å². The summed E-state index contributed by atoms with van der Waals surface area (Å²) in [6, 6.07) is 15.4. The number of nitrogens with zero attached hydrogens (tertiary/aromatic N) is 1. The number of allylic oxidation sites excluding steroid dienone is 1. The maximum absolute atomic E-state index is 10.9. The van der Waals surface area contributed by atoms with Crippen LogP contribution in [0.4, 0.5) is 5.69 Å². The lowest BCUT2D eigenvalue weighted by atomic mass is 10.1. The molecular weight excluding hydrogens is 238 g/mol. The number of nitro groups is 1. The number of benzene rings is 2. The second kappa shape index (κ2) is 5.96. The van der Waals surface area contributed by atoms with E-state index >= 15 is 0 Å². The SMILES string of the molecule is Cc1ccc(C=CCc2ccccc2)cc1[N+](=O)[O-]. The summed E-state index contributed by atoms with van der Waals surface area (Å²) in [4.78, 5) is 10.5. The lowest BCUT2D eigenvalue weighted by molar-refractivity contribution is -0.385. The molecule has 19 heavy (non-hydrogen) atoms. The van der Waals surface area contributed by atoms with Crippen LogP contribution in [-0.2, 0) is 6.42 Å². The Morgan fingerprint density at radius 1 is 1.16 bits per heavy atom. The summed E-state index contributed by atoms with van der Waals surface area (Å²) in [5.74, 6) is 0.